The summed E-state index contributed by atoms with van der Waals surface area (Å²) in [6.07, 6.45) is 4.96. The third-order valence-electron chi connectivity index (χ3n) is 4.01. The van der Waals surface area contributed by atoms with Crippen LogP contribution in [0.4, 0.5) is 0 Å². The highest BCUT2D eigenvalue weighted by molar-refractivity contribution is 5.67. The molecule has 18 heavy (non-hydrogen) atoms. The number of carbonyl (C=O) groups is 1. The second kappa shape index (κ2) is 6.50. The zero-order valence-corrected chi connectivity index (χ0v) is 11.0. The van der Waals surface area contributed by atoms with Crippen LogP contribution in [0.25, 0.3) is 0 Å². The molecule has 1 heterocycles. The van der Waals surface area contributed by atoms with Crippen LogP contribution < -0.4 is 0 Å². The molecule has 0 radical (unpaired) electrons. The monoisotopic (exact) mass is 257 g/mol. The van der Waals surface area contributed by atoms with Crippen LogP contribution in [0.5, 0.6) is 0 Å². The molecule has 0 aromatic heterocycles. The van der Waals surface area contributed by atoms with Gasteiger partial charge in [0.1, 0.15) is 0 Å². The zero-order chi connectivity index (χ0) is 13.0. The fourth-order valence-corrected chi connectivity index (χ4v) is 3.13. The second-order valence-corrected chi connectivity index (χ2v) is 5.21. The largest absolute Gasteiger partial charge is 0.481 e. The molecule has 0 aromatic rings. The van der Waals surface area contributed by atoms with Gasteiger partial charge in [-0.2, -0.15) is 0 Å². The summed E-state index contributed by atoms with van der Waals surface area (Å²) in [5.41, 5.74) is 0. The zero-order valence-electron chi connectivity index (χ0n) is 11.0. The summed E-state index contributed by atoms with van der Waals surface area (Å²) in [4.78, 5) is 13.1. The predicted molar refractivity (Wildman–Crippen MR) is 66.6 cm³/mol. The van der Waals surface area contributed by atoms with Gasteiger partial charge in [-0.05, 0) is 12.8 Å². The van der Waals surface area contributed by atoms with Gasteiger partial charge in [-0.1, -0.05) is 12.8 Å². The van der Waals surface area contributed by atoms with Gasteiger partial charge in [0.25, 0.3) is 0 Å². The number of rotatable bonds is 4. The van der Waals surface area contributed by atoms with Crippen LogP contribution in [0.1, 0.15) is 32.1 Å². The van der Waals surface area contributed by atoms with Crippen LogP contribution in [-0.4, -0.2) is 61.0 Å². The van der Waals surface area contributed by atoms with E-state index < -0.39 is 5.97 Å². The molecule has 0 spiro atoms. The summed E-state index contributed by atoms with van der Waals surface area (Å²) in [5.74, 6) is -0.784. The molecule has 2 aliphatic rings. The summed E-state index contributed by atoms with van der Waals surface area (Å²) < 4.78 is 11.1. The summed E-state index contributed by atoms with van der Waals surface area (Å²) >= 11 is 0. The first-order chi connectivity index (χ1) is 8.70. The lowest BCUT2D eigenvalue weighted by Crippen LogP contribution is -2.53. The average molecular weight is 257 g/mol. The van der Waals surface area contributed by atoms with Gasteiger partial charge in [0.05, 0.1) is 25.2 Å². The van der Waals surface area contributed by atoms with Crippen molar-refractivity contribution >= 4 is 5.97 Å². The molecule has 1 saturated carbocycles. The Morgan fingerprint density at radius 2 is 2.22 bits per heavy atom. The van der Waals surface area contributed by atoms with E-state index in [9.17, 15) is 4.79 Å². The van der Waals surface area contributed by atoms with Crippen molar-refractivity contribution in [3.8, 4) is 0 Å². The van der Waals surface area contributed by atoms with Gasteiger partial charge < -0.3 is 14.6 Å². The maximum atomic E-state index is 10.7. The van der Waals surface area contributed by atoms with Crippen LogP contribution in [0.15, 0.2) is 0 Å². The smallest absolute Gasteiger partial charge is 0.306 e. The first-order valence-corrected chi connectivity index (χ1v) is 6.81. The van der Waals surface area contributed by atoms with Gasteiger partial charge in [0.2, 0.25) is 0 Å². The highest BCUT2D eigenvalue weighted by Crippen LogP contribution is 2.27. The Morgan fingerprint density at radius 1 is 1.44 bits per heavy atom. The number of nitrogens with zero attached hydrogens (tertiary/aromatic N) is 1. The van der Waals surface area contributed by atoms with E-state index in [0.29, 0.717) is 18.8 Å². The van der Waals surface area contributed by atoms with E-state index in [-0.39, 0.29) is 12.5 Å². The summed E-state index contributed by atoms with van der Waals surface area (Å²) in [6, 6.07) is 0.434. The molecule has 2 fully saturated rings. The van der Waals surface area contributed by atoms with E-state index >= 15 is 0 Å². The van der Waals surface area contributed by atoms with Gasteiger partial charge in [0, 0.05) is 26.2 Å². The SMILES string of the molecule is COC1CCCCC1N1CCOC(CC(=O)O)C1. The highest BCUT2D eigenvalue weighted by Gasteiger charge is 2.33. The number of hydrogen-bond donors (Lipinski definition) is 1. The minimum absolute atomic E-state index is 0.0981. The molecule has 104 valence electrons. The van der Waals surface area contributed by atoms with E-state index in [4.69, 9.17) is 14.6 Å². The lowest BCUT2D eigenvalue weighted by atomic mass is 9.90. The average Bonchev–Trinajstić information content (AvgIpc) is 2.38. The lowest BCUT2D eigenvalue weighted by molar-refractivity contribution is -0.143. The number of methoxy groups -OCH3 is 1. The molecular formula is C13H23NO4. The summed E-state index contributed by atoms with van der Waals surface area (Å²) in [7, 11) is 1.78. The topological polar surface area (TPSA) is 59.0 Å². The molecule has 5 heteroatoms. The van der Waals surface area contributed by atoms with Crippen LogP contribution in [0, 0.1) is 0 Å². The maximum Gasteiger partial charge on any atom is 0.306 e. The molecule has 2 rings (SSSR count). The fourth-order valence-electron chi connectivity index (χ4n) is 3.13. The number of carboxylic acid groups (broad SMARTS) is 1. The van der Waals surface area contributed by atoms with Gasteiger partial charge in [-0.15, -0.1) is 0 Å². The minimum Gasteiger partial charge on any atom is -0.481 e. The third kappa shape index (κ3) is 3.43. The van der Waals surface area contributed by atoms with Crippen molar-refractivity contribution in [2.75, 3.05) is 26.8 Å². The molecular weight excluding hydrogens is 234 g/mol. The number of aliphatic carboxylic acids is 1. The Morgan fingerprint density at radius 3 is 2.94 bits per heavy atom. The van der Waals surface area contributed by atoms with Crippen molar-refractivity contribution in [1.29, 1.82) is 0 Å². The predicted octanol–water partition coefficient (Wildman–Crippen LogP) is 1.12. The molecule has 0 aromatic carbocycles. The van der Waals surface area contributed by atoms with E-state index in [1.165, 1.54) is 12.8 Å². The van der Waals surface area contributed by atoms with E-state index in [1.807, 2.05) is 0 Å². The van der Waals surface area contributed by atoms with Crippen LogP contribution >= 0.6 is 0 Å². The first kappa shape index (κ1) is 13.8. The molecule has 1 N–H and O–H groups in total. The third-order valence-corrected chi connectivity index (χ3v) is 4.01. The molecule has 0 amide bonds. The van der Waals surface area contributed by atoms with E-state index in [1.54, 1.807) is 7.11 Å². The molecule has 1 saturated heterocycles. The number of hydrogen-bond acceptors (Lipinski definition) is 4. The van der Waals surface area contributed by atoms with E-state index in [0.717, 1.165) is 25.9 Å². The van der Waals surface area contributed by atoms with Gasteiger partial charge in [-0.3, -0.25) is 9.69 Å². The fraction of sp³-hybridized carbons (Fsp3) is 0.923. The van der Waals surface area contributed by atoms with Gasteiger partial charge >= 0.3 is 5.97 Å². The lowest BCUT2D eigenvalue weighted by Gasteiger charge is -2.43. The minimum atomic E-state index is -0.784. The molecule has 1 aliphatic heterocycles. The number of ether oxygens (including phenoxy) is 2. The normalized spacial score (nSPS) is 34.4. The summed E-state index contributed by atoms with van der Waals surface area (Å²) in [6.45, 7) is 2.24. The molecule has 3 atom stereocenters. The Bertz CT molecular complexity index is 284. The Labute approximate surface area is 108 Å². The van der Waals surface area contributed by atoms with E-state index in [2.05, 4.69) is 4.90 Å². The van der Waals surface area contributed by atoms with Crippen LogP contribution in [0.3, 0.4) is 0 Å². The summed E-state index contributed by atoms with van der Waals surface area (Å²) in [5, 5.41) is 8.84. The van der Waals surface area contributed by atoms with Crippen molar-refractivity contribution in [2.24, 2.45) is 0 Å². The van der Waals surface area contributed by atoms with Gasteiger partial charge in [0.15, 0.2) is 0 Å². The highest BCUT2D eigenvalue weighted by atomic mass is 16.5. The molecule has 3 unspecified atom stereocenters. The number of carboxylic acids is 1. The Hall–Kier alpha value is -0.650. The van der Waals surface area contributed by atoms with Crippen molar-refractivity contribution in [3.05, 3.63) is 0 Å². The Kier molecular flexibility index (Phi) is 4.97. The standard InChI is InChI=1S/C13H23NO4/c1-17-12-5-3-2-4-11(12)14-6-7-18-10(9-14)8-13(15)16/h10-12H,2-9H2,1H3,(H,15,16). The van der Waals surface area contributed by atoms with Crippen molar-refractivity contribution in [2.45, 2.75) is 50.4 Å². The van der Waals surface area contributed by atoms with Crippen molar-refractivity contribution in [1.82, 2.24) is 4.90 Å². The molecule has 5 nitrogen and oxygen atoms in total. The van der Waals surface area contributed by atoms with Gasteiger partial charge in [-0.25, -0.2) is 0 Å². The maximum absolute atomic E-state index is 10.7. The first-order valence-electron chi connectivity index (χ1n) is 6.81. The quantitative estimate of drug-likeness (QED) is 0.818. The second-order valence-electron chi connectivity index (χ2n) is 5.21. The van der Waals surface area contributed by atoms with Crippen LogP contribution in [0.2, 0.25) is 0 Å². The molecule has 1 aliphatic carbocycles. The van der Waals surface area contributed by atoms with Crippen LogP contribution in [-0.2, 0) is 14.3 Å². The van der Waals surface area contributed by atoms with Crippen molar-refractivity contribution in [3.63, 3.8) is 0 Å². The van der Waals surface area contributed by atoms with Crippen molar-refractivity contribution < 1.29 is 19.4 Å². The number of morpholine rings is 1. The molecule has 0 bridgehead atoms. The Balaban J connectivity index is 1.92.